The Labute approximate surface area is 181 Å². The van der Waals surface area contributed by atoms with E-state index >= 15 is 0 Å². The van der Waals surface area contributed by atoms with Gasteiger partial charge in [0.15, 0.2) is 0 Å². The minimum absolute atomic E-state index is 0.0172. The Kier molecular flexibility index (Phi) is 6.43. The van der Waals surface area contributed by atoms with Gasteiger partial charge in [0.1, 0.15) is 6.54 Å². The number of carbonyl (C=O) groups is 2. The number of hydrogen-bond acceptors (Lipinski definition) is 4. The smallest absolute Gasteiger partial charge is 0.246 e. The number of methoxy groups -OCH3 is 1. The topological polar surface area (TPSA) is 76.5 Å². The van der Waals surface area contributed by atoms with E-state index in [1.54, 1.807) is 12.0 Å². The number of ether oxygens (including phenoxy) is 1. The maximum absolute atomic E-state index is 12.9. The average Bonchev–Trinajstić information content (AvgIpc) is 3.57. The lowest BCUT2D eigenvalue weighted by Crippen LogP contribution is -2.41. The van der Waals surface area contributed by atoms with Crippen LogP contribution in [0.1, 0.15) is 12.8 Å². The van der Waals surface area contributed by atoms with Crippen molar-refractivity contribution in [3.8, 4) is 16.9 Å². The van der Waals surface area contributed by atoms with Gasteiger partial charge in [-0.3, -0.25) is 19.5 Å². The SMILES string of the molecule is COCCN(CC(=O)Nc1nc(-c2ccccc2)cn1-c1ccccc1)C(=O)C1CC1. The second-order valence-electron chi connectivity index (χ2n) is 7.60. The van der Waals surface area contributed by atoms with E-state index in [2.05, 4.69) is 10.3 Å². The molecule has 0 aliphatic heterocycles. The fourth-order valence-electron chi connectivity index (χ4n) is 3.40. The zero-order valence-corrected chi connectivity index (χ0v) is 17.5. The van der Waals surface area contributed by atoms with Crippen molar-refractivity contribution in [2.45, 2.75) is 12.8 Å². The Morgan fingerprint density at radius 1 is 1.10 bits per heavy atom. The second-order valence-corrected chi connectivity index (χ2v) is 7.60. The molecular formula is C24H26N4O3. The van der Waals surface area contributed by atoms with E-state index < -0.39 is 0 Å². The first kappa shape index (κ1) is 20.8. The van der Waals surface area contributed by atoms with Crippen molar-refractivity contribution in [3.63, 3.8) is 0 Å². The van der Waals surface area contributed by atoms with E-state index in [0.29, 0.717) is 19.1 Å². The Bertz CT molecular complexity index is 1030. The van der Waals surface area contributed by atoms with Crippen molar-refractivity contribution in [2.24, 2.45) is 5.92 Å². The number of rotatable bonds is 9. The molecule has 2 amide bonds. The highest BCUT2D eigenvalue weighted by molar-refractivity contribution is 5.94. The predicted octanol–water partition coefficient (Wildman–Crippen LogP) is 3.36. The van der Waals surface area contributed by atoms with Gasteiger partial charge in [-0.25, -0.2) is 4.98 Å². The highest BCUT2D eigenvalue weighted by atomic mass is 16.5. The van der Waals surface area contributed by atoms with Crippen LogP contribution in [-0.2, 0) is 14.3 Å². The predicted molar refractivity (Wildman–Crippen MR) is 119 cm³/mol. The second kappa shape index (κ2) is 9.57. The molecule has 1 aliphatic rings. The fourth-order valence-corrected chi connectivity index (χ4v) is 3.40. The molecular weight excluding hydrogens is 392 g/mol. The third-order valence-corrected chi connectivity index (χ3v) is 5.20. The van der Waals surface area contributed by atoms with Crippen LogP contribution >= 0.6 is 0 Å². The Morgan fingerprint density at radius 3 is 2.42 bits per heavy atom. The molecule has 7 heteroatoms. The van der Waals surface area contributed by atoms with Crippen LogP contribution in [0.3, 0.4) is 0 Å². The Morgan fingerprint density at radius 2 is 1.77 bits per heavy atom. The first-order valence-electron chi connectivity index (χ1n) is 10.4. The summed E-state index contributed by atoms with van der Waals surface area (Å²) in [5.41, 5.74) is 2.60. The van der Waals surface area contributed by atoms with Crippen LogP contribution in [0.5, 0.6) is 0 Å². The van der Waals surface area contributed by atoms with E-state index in [0.717, 1.165) is 29.8 Å². The molecule has 1 fully saturated rings. The number of anilines is 1. The van der Waals surface area contributed by atoms with Gasteiger partial charge >= 0.3 is 0 Å². The molecule has 0 saturated heterocycles. The monoisotopic (exact) mass is 418 g/mol. The van der Waals surface area contributed by atoms with E-state index in [9.17, 15) is 9.59 Å². The number of benzene rings is 2. The first-order valence-corrected chi connectivity index (χ1v) is 10.4. The van der Waals surface area contributed by atoms with E-state index in [4.69, 9.17) is 4.74 Å². The average molecular weight is 418 g/mol. The van der Waals surface area contributed by atoms with Gasteiger partial charge in [0.05, 0.1) is 12.3 Å². The largest absolute Gasteiger partial charge is 0.383 e. The highest BCUT2D eigenvalue weighted by Gasteiger charge is 2.34. The molecule has 0 spiro atoms. The minimum atomic E-state index is -0.285. The highest BCUT2D eigenvalue weighted by Crippen LogP contribution is 2.31. The number of hydrogen-bond donors (Lipinski definition) is 1. The van der Waals surface area contributed by atoms with E-state index in [1.807, 2.05) is 71.4 Å². The standard InChI is InChI=1S/C24H26N4O3/c1-31-15-14-27(23(30)19-12-13-19)17-22(29)26-24-25-21(18-8-4-2-5-9-18)16-28(24)20-10-6-3-7-11-20/h2-11,16,19H,12-15,17H2,1H3,(H,25,26,29). The maximum Gasteiger partial charge on any atom is 0.246 e. The van der Waals surface area contributed by atoms with E-state index in [-0.39, 0.29) is 24.3 Å². The summed E-state index contributed by atoms with van der Waals surface area (Å²) in [5, 5.41) is 2.90. The molecule has 7 nitrogen and oxygen atoms in total. The van der Waals surface area contributed by atoms with Gasteiger partial charge < -0.3 is 9.64 Å². The molecule has 1 aliphatic carbocycles. The van der Waals surface area contributed by atoms with Crippen molar-refractivity contribution in [3.05, 3.63) is 66.9 Å². The van der Waals surface area contributed by atoms with Gasteiger partial charge in [-0.15, -0.1) is 0 Å². The number of amides is 2. The van der Waals surface area contributed by atoms with Gasteiger partial charge in [0, 0.05) is 37.0 Å². The molecule has 160 valence electrons. The fraction of sp³-hybridized carbons (Fsp3) is 0.292. The summed E-state index contributed by atoms with van der Waals surface area (Å²) >= 11 is 0. The number of nitrogens with zero attached hydrogens (tertiary/aromatic N) is 3. The quantitative estimate of drug-likeness (QED) is 0.578. The molecule has 1 saturated carbocycles. The lowest BCUT2D eigenvalue weighted by atomic mass is 10.2. The number of carbonyl (C=O) groups excluding carboxylic acids is 2. The number of imidazole rings is 1. The van der Waals surface area contributed by atoms with Crippen LogP contribution in [0.2, 0.25) is 0 Å². The van der Waals surface area contributed by atoms with Crippen LogP contribution in [-0.4, -0.2) is 53.1 Å². The van der Waals surface area contributed by atoms with Crippen LogP contribution in [0.15, 0.2) is 66.9 Å². The third-order valence-electron chi connectivity index (χ3n) is 5.20. The van der Waals surface area contributed by atoms with Crippen molar-refractivity contribution >= 4 is 17.8 Å². The molecule has 0 atom stereocenters. The molecule has 1 aromatic heterocycles. The van der Waals surface area contributed by atoms with Crippen LogP contribution < -0.4 is 5.32 Å². The summed E-state index contributed by atoms with van der Waals surface area (Å²) in [6, 6.07) is 19.5. The summed E-state index contributed by atoms with van der Waals surface area (Å²) < 4.78 is 6.96. The molecule has 31 heavy (non-hydrogen) atoms. The number of aromatic nitrogens is 2. The lowest BCUT2D eigenvalue weighted by molar-refractivity contribution is -0.136. The molecule has 0 radical (unpaired) electrons. The van der Waals surface area contributed by atoms with Crippen LogP contribution in [0, 0.1) is 5.92 Å². The van der Waals surface area contributed by atoms with Crippen molar-refractivity contribution in [1.82, 2.24) is 14.5 Å². The molecule has 3 aromatic rings. The summed E-state index contributed by atoms with van der Waals surface area (Å²) in [6.07, 6.45) is 3.68. The third kappa shape index (κ3) is 5.19. The van der Waals surface area contributed by atoms with Crippen molar-refractivity contribution < 1.29 is 14.3 Å². The summed E-state index contributed by atoms with van der Waals surface area (Å²) in [5.74, 6) is 0.192. The molecule has 0 unspecified atom stereocenters. The molecule has 4 rings (SSSR count). The van der Waals surface area contributed by atoms with Crippen molar-refractivity contribution in [2.75, 3.05) is 32.1 Å². The van der Waals surface area contributed by atoms with Crippen LogP contribution in [0.25, 0.3) is 16.9 Å². The summed E-state index contributed by atoms with van der Waals surface area (Å²) in [6.45, 7) is 0.755. The number of nitrogens with one attached hydrogen (secondary N) is 1. The van der Waals surface area contributed by atoms with Gasteiger partial charge in [0.2, 0.25) is 17.8 Å². The molecule has 0 bridgehead atoms. The molecule has 2 aromatic carbocycles. The maximum atomic E-state index is 12.9. The minimum Gasteiger partial charge on any atom is -0.383 e. The van der Waals surface area contributed by atoms with Crippen LogP contribution in [0.4, 0.5) is 5.95 Å². The zero-order chi connectivity index (χ0) is 21.6. The molecule has 1 heterocycles. The Hall–Kier alpha value is -3.45. The number of para-hydroxylation sites is 1. The lowest BCUT2D eigenvalue weighted by Gasteiger charge is -2.21. The van der Waals surface area contributed by atoms with Crippen molar-refractivity contribution in [1.29, 1.82) is 0 Å². The van der Waals surface area contributed by atoms with Gasteiger partial charge in [0.25, 0.3) is 0 Å². The van der Waals surface area contributed by atoms with E-state index in [1.165, 1.54) is 0 Å². The first-order chi connectivity index (χ1) is 15.2. The normalized spacial score (nSPS) is 13.1. The Balaban J connectivity index is 1.56. The van der Waals surface area contributed by atoms with Gasteiger partial charge in [-0.2, -0.15) is 0 Å². The molecule has 1 N–H and O–H groups in total. The van der Waals surface area contributed by atoms with Gasteiger partial charge in [-0.1, -0.05) is 48.5 Å². The summed E-state index contributed by atoms with van der Waals surface area (Å²) in [7, 11) is 1.58. The summed E-state index contributed by atoms with van der Waals surface area (Å²) in [4.78, 5) is 31.6. The zero-order valence-electron chi connectivity index (χ0n) is 17.5. The van der Waals surface area contributed by atoms with Gasteiger partial charge in [-0.05, 0) is 25.0 Å².